The molecule has 1 atom stereocenters. The van der Waals surface area contributed by atoms with Gasteiger partial charge in [-0.1, -0.05) is 6.07 Å². The van der Waals surface area contributed by atoms with Crippen molar-refractivity contribution in [3.8, 4) is 0 Å². The maximum atomic E-state index is 5.71. The molecular weight excluding hydrogens is 244 g/mol. The van der Waals surface area contributed by atoms with Crippen LogP contribution in [0.25, 0.3) is 5.52 Å². The summed E-state index contributed by atoms with van der Waals surface area (Å²) in [5, 5.41) is 6.48. The van der Waals surface area contributed by atoms with E-state index in [9.17, 15) is 0 Å². The van der Waals surface area contributed by atoms with Gasteiger partial charge in [0, 0.05) is 16.6 Å². The van der Waals surface area contributed by atoms with Crippen molar-refractivity contribution in [2.45, 2.75) is 13.0 Å². The van der Waals surface area contributed by atoms with Crippen molar-refractivity contribution in [3.05, 3.63) is 58.0 Å². The van der Waals surface area contributed by atoms with Crippen molar-refractivity contribution < 1.29 is 0 Å². The fourth-order valence-electron chi connectivity index (χ4n) is 2.16. The first-order valence-electron chi connectivity index (χ1n) is 5.73. The average molecular weight is 258 g/mol. The van der Waals surface area contributed by atoms with Gasteiger partial charge in [0.2, 0.25) is 0 Å². The molecule has 92 valence electrons. The average Bonchev–Trinajstić information content (AvgIpc) is 2.98. The van der Waals surface area contributed by atoms with Gasteiger partial charge in [-0.25, -0.2) is 9.94 Å². The van der Waals surface area contributed by atoms with Crippen molar-refractivity contribution in [2.75, 3.05) is 0 Å². The number of thiophene rings is 1. The molecule has 3 heterocycles. The van der Waals surface area contributed by atoms with Crippen LogP contribution in [-0.4, -0.2) is 9.61 Å². The molecule has 4 nitrogen and oxygen atoms in total. The SMILES string of the molecule is Cc1cc(C(NN)c2cnn3ccccc23)cs1. The molecule has 3 aromatic heterocycles. The summed E-state index contributed by atoms with van der Waals surface area (Å²) in [6, 6.07) is 8.15. The van der Waals surface area contributed by atoms with E-state index < -0.39 is 0 Å². The lowest BCUT2D eigenvalue weighted by molar-refractivity contribution is 0.642. The largest absolute Gasteiger partial charge is 0.271 e. The Morgan fingerprint density at radius 3 is 3.06 bits per heavy atom. The van der Waals surface area contributed by atoms with Gasteiger partial charge >= 0.3 is 0 Å². The van der Waals surface area contributed by atoms with Crippen LogP contribution >= 0.6 is 11.3 Å². The zero-order chi connectivity index (χ0) is 12.5. The number of nitrogens with one attached hydrogen (secondary N) is 1. The quantitative estimate of drug-likeness (QED) is 0.559. The molecule has 0 aromatic carbocycles. The summed E-state index contributed by atoms with van der Waals surface area (Å²) in [5.74, 6) is 5.71. The lowest BCUT2D eigenvalue weighted by atomic mass is 10.0. The van der Waals surface area contributed by atoms with Crippen LogP contribution in [0.1, 0.15) is 22.0 Å². The molecule has 0 bridgehead atoms. The molecule has 0 aliphatic rings. The van der Waals surface area contributed by atoms with Crippen molar-refractivity contribution in [1.29, 1.82) is 0 Å². The van der Waals surface area contributed by atoms with Gasteiger partial charge in [-0.15, -0.1) is 11.3 Å². The number of hydrogen-bond acceptors (Lipinski definition) is 4. The monoisotopic (exact) mass is 258 g/mol. The number of hydrazine groups is 1. The third kappa shape index (κ3) is 1.82. The molecule has 3 N–H and O–H groups in total. The number of rotatable bonds is 3. The maximum absolute atomic E-state index is 5.71. The molecule has 0 spiro atoms. The highest BCUT2D eigenvalue weighted by atomic mass is 32.1. The molecule has 0 aliphatic carbocycles. The van der Waals surface area contributed by atoms with E-state index in [1.165, 1.54) is 10.4 Å². The van der Waals surface area contributed by atoms with E-state index in [1.807, 2.05) is 35.1 Å². The Kier molecular flexibility index (Phi) is 2.87. The van der Waals surface area contributed by atoms with Crippen LogP contribution in [0.15, 0.2) is 42.0 Å². The third-order valence-electron chi connectivity index (χ3n) is 3.02. The van der Waals surface area contributed by atoms with Crippen molar-refractivity contribution >= 4 is 16.9 Å². The summed E-state index contributed by atoms with van der Waals surface area (Å²) in [4.78, 5) is 1.28. The van der Waals surface area contributed by atoms with Crippen LogP contribution in [0.2, 0.25) is 0 Å². The minimum absolute atomic E-state index is 0.0187. The molecule has 3 rings (SSSR count). The number of fused-ring (bicyclic) bond motifs is 1. The Hall–Kier alpha value is -1.69. The van der Waals surface area contributed by atoms with Gasteiger partial charge in [-0.05, 0) is 36.1 Å². The molecule has 0 aliphatic heterocycles. The van der Waals surface area contributed by atoms with E-state index in [2.05, 4.69) is 28.9 Å². The maximum Gasteiger partial charge on any atom is 0.0755 e. The molecular formula is C13H14N4S. The Morgan fingerprint density at radius 1 is 1.44 bits per heavy atom. The van der Waals surface area contributed by atoms with Crippen LogP contribution in [0.5, 0.6) is 0 Å². The second-order valence-corrected chi connectivity index (χ2v) is 5.34. The number of hydrogen-bond donors (Lipinski definition) is 2. The zero-order valence-corrected chi connectivity index (χ0v) is 10.8. The van der Waals surface area contributed by atoms with E-state index in [-0.39, 0.29) is 6.04 Å². The summed E-state index contributed by atoms with van der Waals surface area (Å²) in [7, 11) is 0. The van der Waals surface area contributed by atoms with Gasteiger partial charge in [-0.3, -0.25) is 5.84 Å². The second-order valence-electron chi connectivity index (χ2n) is 4.22. The molecule has 3 aromatic rings. The normalized spacial score (nSPS) is 13.0. The summed E-state index contributed by atoms with van der Waals surface area (Å²) < 4.78 is 1.86. The Morgan fingerprint density at radius 2 is 2.33 bits per heavy atom. The van der Waals surface area contributed by atoms with Crippen LogP contribution in [0, 0.1) is 6.92 Å². The highest BCUT2D eigenvalue weighted by Gasteiger charge is 2.17. The number of aromatic nitrogens is 2. The van der Waals surface area contributed by atoms with E-state index in [0.29, 0.717) is 0 Å². The van der Waals surface area contributed by atoms with Crippen LogP contribution in [-0.2, 0) is 0 Å². The standard InChI is InChI=1S/C13H14N4S/c1-9-6-10(8-18-9)13(16-14)11-7-15-17-5-3-2-4-12(11)17/h2-8,13,16H,14H2,1H3. The first kappa shape index (κ1) is 11.4. The lowest BCUT2D eigenvalue weighted by Crippen LogP contribution is -2.28. The Labute approximate surface area is 109 Å². The number of nitrogens with two attached hydrogens (primary N) is 1. The number of pyridine rings is 1. The van der Waals surface area contributed by atoms with Crippen molar-refractivity contribution in [2.24, 2.45) is 5.84 Å². The summed E-state index contributed by atoms with van der Waals surface area (Å²) in [5.41, 5.74) is 6.23. The fourth-order valence-corrected chi connectivity index (χ4v) is 2.89. The van der Waals surface area contributed by atoms with Crippen LogP contribution < -0.4 is 11.3 Å². The topological polar surface area (TPSA) is 55.3 Å². The first-order valence-corrected chi connectivity index (χ1v) is 6.61. The minimum Gasteiger partial charge on any atom is -0.271 e. The smallest absolute Gasteiger partial charge is 0.0755 e. The van der Waals surface area contributed by atoms with E-state index in [1.54, 1.807) is 11.3 Å². The van der Waals surface area contributed by atoms with E-state index in [0.717, 1.165) is 11.1 Å². The van der Waals surface area contributed by atoms with Crippen LogP contribution in [0.3, 0.4) is 0 Å². The molecule has 0 radical (unpaired) electrons. The third-order valence-corrected chi connectivity index (χ3v) is 3.90. The number of aryl methyl sites for hydroxylation is 1. The predicted molar refractivity (Wildman–Crippen MR) is 73.4 cm³/mol. The lowest BCUT2D eigenvalue weighted by Gasteiger charge is -2.13. The van der Waals surface area contributed by atoms with Gasteiger partial charge in [0.15, 0.2) is 0 Å². The highest BCUT2D eigenvalue weighted by molar-refractivity contribution is 7.10. The molecule has 0 saturated heterocycles. The molecule has 1 unspecified atom stereocenters. The Bertz CT molecular complexity index is 670. The molecule has 5 heteroatoms. The van der Waals surface area contributed by atoms with Gasteiger partial charge in [0.1, 0.15) is 0 Å². The zero-order valence-electron chi connectivity index (χ0n) is 10.00. The summed E-state index contributed by atoms with van der Waals surface area (Å²) >= 11 is 1.73. The van der Waals surface area contributed by atoms with Crippen molar-refractivity contribution in [1.82, 2.24) is 15.0 Å². The van der Waals surface area contributed by atoms with Gasteiger partial charge in [0.05, 0.1) is 17.8 Å². The predicted octanol–water partition coefficient (Wildman–Crippen LogP) is 2.26. The summed E-state index contributed by atoms with van der Waals surface area (Å²) in [6.07, 6.45) is 3.80. The molecule has 18 heavy (non-hydrogen) atoms. The summed E-state index contributed by atoms with van der Waals surface area (Å²) in [6.45, 7) is 2.10. The van der Waals surface area contributed by atoms with Gasteiger partial charge in [-0.2, -0.15) is 5.10 Å². The molecule has 0 amide bonds. The Balaban J connectivity index is 2.11. The van der Waals surface area contributed by atoms with Gasteiger partial charge < -0.3 is 0 Å². The van der Waals surface area contributed by atoms with Gasteiger partial charge in [0.25, 0.3) is 0 Å². The first-order chi connectivity index (χ1) is 8.79. The van der Waals surface area contributed by atoms with Crippen LogP contribution in [0.4, 0.5) is 0 Å². The highest BCUT2D eigenvalue weighted by Crippen LogP contribution is 2.28. The number of nitrogens with zero attached hydrogens (tertiary/aromatic N) is 2. The minimum atomic E-state index is -0.0187. The second kappa shape index (κ2) is 4.53. The van der Waals surface area contributed by atoms with E-state index >= 15 is 0 Å². The molecule has 0 fully saturated rings. The fraction of sp³-hybridized carbons (Fsp3) is 0.154. The van der Waals surface area contributed by atoms with Crippen molar-refractivity contribution in [3.63, 3.8) is 0 Å². The molecule has 0 saturated carbocycles. The van der Waals surface area contributed by atoms with E-state index in [4.69, 9.17) is 5.84 Å².